The first-order valence-electron chi connectivity index (χ1n) is 26.1. The summed E-state index contributed by atoms with van der Waals surface area (Å²) in [6.07, 6.45) is 0. The number of benzene rings is 4. The molecule has 0 saturated heterocycles. The number of nitrogens with zero attached hydrogens (tertiary/aromatic N) is 2. The van der Waals surface area contributed by atoms with Crippen LogP contribution in [-0.2, 0) is 43.3 Å². The molecule has 0 spiro atoms. The normalized spacial score (nSPS) is 14.2. The summed E-state index contributed by atoms with van der Waals surface area (Å²) in [7, 11) is -3.81. The van der Waals surface area contributed by atoms with Crippen molar-refractivity contribution in [2.45, 2.75) is 249 Å². The van der Waals surface area contributed by atoms with Gasteiger partial charge in [-0.3, -0.25) is 0 Å². The minimum Gasteiger partial charge on any atom is -0.407 e. The average molecular weight is 993 g/mol. The van der Waals surface area contributed by atoms with Gasteiger partial charge >= 0.3 is 16.3 Å². The van der Waals surface area contributed by atoms with Gasteiger partial charge in [0.15, 0.2) is 0 Å². The third kappa shape index (κ3) is 11.2. The van der Waals surface area contributed by atoms with E-state index in [1.54, 1.807) is 0 Å². The topological polar surface area (TPSA) is 59.0 Å². The zero-order chi connectivity index (χ0) is 53.2. The third-order valence-electron chi connectivity index (χ3n) is 13.8. The first kappa shape index (κ1) is 55.9. The minimum absolute atomic E-state index is 0.0926. The monoisotopic (exact) mass is 993 g/mol. The molecule has 4 aromatic carbocycles. The molecular weight excluding hydrogens is 899 g/mol. The Morgan fingerprint density at radius 2 is 0.457 bits per heavy atom. The fourth-order valence-electron chi connectivity index (χ4n) is 9.19. The van der Waals surface area contributed by atoms with E-state index in [0.717, 1.165) is 43.9 Å². The first-order valence-corrected chi connectivity index (χ1v) is 28.4. The van der Waals surface area contributed by atoms with E-state index < -0.39 is 16.3 Å². The molecule has 0 unspecified atom stereocenters. The molecule has 0 aliphatic rings. The van der Waals surface area contributed by atoms with Crippen LogP contribution < -0.4 is 9.56 Å². The van der Waals surface area contributed by atoms with Gasteiger partial charge in [0.05, 0.1) is 0 Å². The van der Waals surface area contributed by atoms with Crippen LogP contribution in [0.25, 0.3) is 43.9 Å². The number of hydrogen-bond acceptors (Lipinski definition) is 6. The number of fused-ring (bicyclic) bond motifs is 6. The molecule has 0 atom stereocenters. The molecule has 0 bridgehead atoms. The molecule has 6 nitrogen and oxygen atoms in total. The molecule has 70 heavy (non-hydrogen) atoms. The van der Waals surface area contributed by atoms with E-state index in [9.17, 15) is 0 Å². The highest BCUT2D eigenvalue weighted by Gasteiger charge is 2.37. The summed E-state index contributed by atoms with van der Waals surface area (Å²) < 4.78 is 35.8. The SMILES string of the molecule is CC(C)N(N(C(C)C)p1oc2c(C(C)(C)C)cc(C(C)(C)C)cc2c2cc(C(C)(C)C)cc(C(C)(C)C)c2o1)p1oc2c(C(C)(C)C)cc(C(C)(C)C)cc2c2cc(C(C)(C)C)cc(C(C)(C)C)c2o1. The molecular formula is C62H94N2O4P2. The summed E-state index contributed by atoms with van der Waals surface area (Å²) in [4.78, 5) is 0. The zero-order valence-corrected chi connectivity index (χ0v) is 51.0. The molecule has 0 saturated carbocycles. The summed E-state index contributed by atoms with van der Waals surface area (Å²) in [6, 6.07) is 18.9. The molecule has 0 amide bonds. The average Bonchev–Trinajstić information content (AvgIpc) is 3.42. The third-order valence-corrected chi connectivity index (χ3v) is 17.3. The molecule has 0 aliphatic carbocycles. The highest BCUT2D eigenvalue weighted by Crippen LogP contribution is 2.52. The van der Waals surface area contributed by atoms with E-state index in [4.69, 9.17) is 16.8 Å². The van der Waals surface area contributed by atoms with Crippen molar-refractivity contribution in [3.63, 3.8) is 0 Å². The lowest BCUT2D eigenvalue weighted by atomic mass is 9.77. The molecule has 0 fully saturated rings. The smallest absolute Gasteiger partial charge is 0.325 e. The van der Waals surface area contributed by atoms with Crippen molar-refractivity contribution in [2.75, 3.05) is 9.56 Å². The second-order valence-corrected chi connectivity index (χ2v) is 31.8. The number of hydrogen-bond donors (Lipinski definition) is 0. The van der Waals surface area contributed by atoms with E-state index in [0.29, 0.717) is 0 Å². The lowest BCUT2D eigenvalue weighted by molar-refractivity contribution is 0.525. The fourth-order valence-corrected chi connectivity index (χ4v) is 12.9. The molecule has 2 heterocycles. The minimum atomic E-state index is -1.90. The molecule has 0 aliphatic heterocycles. The van der Waals surface area contributed by atoms with Crippen molar-refractivity contribution in [1.82, 2.24) is 0 Å². The van der Waals surface area contributed by atoms with Crippen LogP contribution in [-0.4, -0.2) is 12.1 Å². The van der Waals surface area contributed by atoms with Gasteiger partial charge in [-0.2, -0.15) is 0 Å². The number of rotatable bonds is 5. The van der Waals surface area contributed by atoms with E-state index in [2.05, 4.69) is 252 Å². The highest BCUT2D eigenvalue weighted by atomic mass is 31.1. The lowest BCUT2D eigenvalue weighted by Crippen LogP contribution is -2.47. The Morgan fingerprint density at radius 1 is 0.286 bits per heavy atom. The van der Waals surface area contributed by atoms with Gasteiger partial charge in [-0.1, -0.05) is 190 Å². The summed E-state index contributed by atoms with van der Waals surface area (Å²) >= 11 is 0. The number of hydrazine groups is 1. The van der Waals surface area contributed by atoms with Crippen molar-refractivity contribution in [3.8, 4) is 0 Å². The molecule has 8 heteroatoms. The van der Waals surface area contributed by atoms with Crippen molar-refractivity contribution in [1.29, 1.82) is 0 Å². The summed E-state index contributed by atoms with van der Waals surface area (Å²) in [6.45, 7) is 64.4. The molecule has 2 aromatic heterocycles. The maximum absolute atomic E-state index is 7.76. The molecule has 386 valence electrons. The zero-order valence-electron chi connectivity index (χ0n) is 49.2. The van der Waals surface area contributed by atoms with Gasteiger partial charge in [0.2, 0.25) is 0 Å². The first-order chi connectivity index (χ1) is 31.4. The van der Waals surface area contributed by atoms with Crippen LogP contribution in [0.4, 0.5) is 0 Å². The standard InChI is InChI=1S/C62H94N2O4P2/c1-37(2)63(69-65-51-43(29-39(55(5,6)7)33-47(51)59(17,18)19)44-30-40(56(8,9)10)34-48(52(44)66-69)60(20,21)22)64(38(3)4)70-67-53-45(31-41(57(11,12)13)35-49(53)61(23,24)25)46-32-42(58(14,15)16)36-50(54(46)68-70)62(26,27)28/h29-38H,1-28H3. The molecule has 6 rings (SSSR count). The Kier molecular flexibility index (Phi) is 14.5. The lowest BCUT2D eigenvalue weighted by Gasteiger charge is -2.34. The van der Waals surface area contributed by atoms with Crippen LogP contribution in [0.2, 0.25) is 0 Å². The van der Waals surface area contributed by atoms with Gasteiger partial charge in [-0.15, -0.1) is 9.56 Å². The van der Waals surface area contributed by atoms with E-state index >= 15 is 0 Å². The Hall–Kier alpha value is -3.40. The second kappa shape index (κ2) is 18.2. The maximum atomic E-state index is 7.76. The Balaban J connectivity index is 1.95. The Bertz CT molecular complexity index is 2620. The highest BCUT2D eigenvalue weighted by molar-refractivity contribution is 7.44. The molecule has 0 N–H and O–H groups in total. The second-order valence-electron chi connectivity index (χ2n) is 29.3. The summed E-state index contributed by atoms with van der Waals surface area (Å²) in [5.41, 5.74) is 11.9. The molecule has 0 radical (unpaired) electrons. The Labute approximate surface area is 426 Å². The van der Waals surface area contributed by atoms with Crippen LogP contribution in [0.15, 0.2) is 65.3 Å². The maximum Gasteiger partial charge on any atom is 0.325 e. The van der Waals surface area contributed by atoms with Gasteiger partial charge in [-0.05, 0) is 118 Å². The summed E-state index contributed by atoms with van der Waals surface area (Å²) in [5, 5.41) is 4.33. The van der Waals surface area contributed by atoms with Crippen LogP contribution in [0.3, 0.4) is 0 Å². The van der Waals surface area contributed by atoms with Gasteiger partial charge in [-0.25, -0.2) is 0 Å². The van der Waals surface area contributed by atoms with Gasteiger partial charge in [0.1, 0.15) is 22.3 Å². The van der Waals surface area contributed by atoms with Crippen LogP contribution in [0, 0.1) is 0 Å². The molecule has 6 aromatic rings. The quantitative estimate of drug-likeness (QED) is 0.160. The van der Waals surface area contributed by atoms with Crippen molar-refractivity contribution >= 4 is 60.2 Å². The van der Waals surface area contributed by atoms with E-state index in [-0.39, 0.29) is 55.4 Å². The van der Waals surface area contributed by atoms with Gasteiger partial charge < -0.3 is 16.8 Å². The van der Waals surface area contributed by atoms with Crippen molar-refractivity contribution in [2.24, 2.45) is 0 Å². The summed E-state index contributed by atoms with van der Waals surface area (Å²) in [5.74, 6) is 0. The van der Waals surface area contributed by atoms with E-state index in [1.165, 1.54) is 44.5 Å². The predicted molar refractivity (Wildman–Crippen MR) is 309 cm³/mol. The fraction of sp³-hybridized carbons (Fsp3) is 0.613. The van der Waals surface area contributed by atoms with Crippen molar-refractivity contribution in [3.05, 3.63) is 93.0 Å². The van der Waals surface area contributed by atoms with Crippen LogP contribution >= 0.6 is 16.3 Å². The predicted octanol–water partition coefficient (Wildman–Crippen LogP) is 20.6. The Morgan fingerprint density at radius 3 is 0.586 bits per heavy atom. The van der Waals surface area contributed by atoms with Crippen molar-refractivity contribution < 1.29 is 16.8 Å². The van der Waals surface area contributed by atoms with Gasteiger partial charge in [0, 0.05) is 55.9 Å². The van der Waals surface area contributed by atoms with E-state index in [1.807, 2.05) is 0 Å². The van der Waals surface area contributed by atoms with Crippen LogP contribution in [0.1, 0.15) is 238 Å². The van der Waals surface area contributed by atoms with Crippen LogP contribution in [0.5, 0.6) is 0 Å². The largest absolute Gasteiger partial charge is 0.407 e. The van der Waals surface area contributed by atoms with Gasteiger partial charge in [0.25, 0.3) is 0 Å².